The Bertz CT molecular complexity index is 2090. The zero-order valence-electron chi connectivity index (χ0n) is 27.8. The first kappa shape index (κ1) is 36.3. The van der Waals surface area contributed by atoms with E-state index in [0.29, 0.717) is 49.1 Å². The summed E-state index contributed by atoms with van der Waals surface area (Å²) in [6.07, 6.45) is 5.47. The first-order chi connectivity index (χ1) is 23.3. The normalized spacial score (nSPS) is 15.0. The molecule has 3 aromatic carbocycles. The molecule has 1 N–H and O–H groups in total. The van der Waals surface area contributed by atoms with Crippen LogP contribution in [0.5, 0.6) is 17.2 Å². The smallest absolute Gasteiger partial charge is 0.267 e. The van der Waals surface area contributed by atoms with E-state index in [0.717, 1.165) is 37.6 Å². The van der Waals surface area contributed by atoms with E-state index in [1.807, 2.05) is 83.1 Å². The molecule has 49 heavy (non-hydrogen) atoms. The first-order valence-electron chi connectivity index (χ1n) is 15.9. The van der Waals surface area contributed by atoms with E-state index in [2.05, 4.69) is 6.07 Å². The molecule has 0 saturated carbocycles. The van der Waals surface area contributed by atoms with Crippen molar-refractivity contribution in [2.75, 3.05) is 31.4 Å². The van der Waals surface area contributed by atoms with Crippen molar-refractivity contribution in [2.45, 2.75) is 51.3 Å². The molecule has 4 aromatic rings. The number of thiazole rings is 1. The monoisotopic (exact) mass is 728 g/mol. The van der Waals surface area contributed by atoms with E-state index in [9.17, 15) is 25.9 Å². The van der Waals surface area contributed by atoms with Gasteiger partial charge in [0.25, 0.3) is 15.1 Å². The number of benzene rings is 3. The van der Waals surface area contributed by atoms with Gasteiger partial charge in [-0.05, 0) is 55.0 Å². The minimum atomic E-state index is -4.38. The molecule has 11 nitrogen and oxygen atoms in total. The lowest BCUT2D eigenvalue weighted by Gasteiger charge is -2.20. The summed E-state index contributed by atoms with van der Waals surface area (Å²) in [5, 5.41) is -0.0698. The molecule has 262 valence electrons. The molecule has 1 aliphatic rings. The third-order valence-electron chi connectivity index (χ3n) is 8.38. The predicted molar refractivity (Wildman–Crippen MR) is 191 cm³/mol. The molecule has 0 amide bonds. The highest BCUT2D eigenvalue weighted by atomic mass is 32.2. The Morgan fingerprint density at radius 3 is 2.39 bits per heavy atom. The molecule has 0 saturated heterocycles. The Morgan fingerprint density at radius 1 is 1.02 bits per heavy atom. The molecule has 1 unspecified atom stereocenters. The zero-order valence-corrected chi connectivity index (χ0v) is 30.2. The van der Waals surface area contributed by atoms with E-state index >= 15 is 0 Å². The van der Waals surface area contributed by atoms with Crippen LogP contribution < -0.4 is 23.7 Å². The number of fused-ring (bicyclic) bond motifs is 2. The van der Waals surface area contributed by atoms with E-state index in [1.165, 1.54) is 18.3 Å². The Kier molecular flexibility index (Phi) is 11.3. The topological polar surface area (TPSA) is 146 Å². The maximum absolute atomic E-state index is 11.7. The van der Waals surface area contributed by atoms with Gasteiger partial charge in [0.2, 0.25) is 11.4 Å². The molecule has 5 rings (SSSR count). The van der Waals surface area contributed by atoms with E-state index in [-0.39, 0.29) is 12.8 Å². The number of nitrogens with zero attached hydrogens (tertiary/aromatic N) is 2. The minimum Gasteiger partial charge on any atom is -0.748 e. The molecule has 2 heterocycles. The summed E-state index contributed by atoms with van der Waals surface area (Å²) in [5.41, 5.74) is 4.62. The molecule has 14 heteroatoms. The van der Waals surface area contributed by atoms with Crippen LogP contribution in [-0.4, -0.2) is 57.7 Å². The lowest BCUT2D eigenvalue weighted by Crippen LogP contribution is -2.36. The van der Waals surface area contributed by atoms with Gasteiger partial charge in [0, 0.05) is 36.9 Å². The van der Waals surface area contributed by atoms with Gasteiger partial charge in [0.15, 0.2) is 23.8 Å². The van der Waals surface area contributed by atoms with Crippen LogP contribution in [0.25, 0.3) is 27.4 Å². The van der Waals surface area contributed by atoms with Gasteiger partial charge in [-0.2, -0.15) is 13.0 Å². The summed E-state index contributed by atoms with van der Waals surface area (Å²) in [4.78, 5) is 2.02. The molecule has 0 bridgehead atoms. The van der Waals surface area contributed by atoms with Gasteiger partial charge in [-0.25, -0.2) is 8.42 Å². The number of anilines is 1. The summed E-state index contributed by atoms with van der Waals surface area (Å²) in [7, 11) is -5.43. The van der Waals surface area contributed by atoms with Crippen LogP contribution in [0.4, 0.5) is 5.69 Å². The van der Waals surface area contributed by atoms with Crippen molar-refractivity contribution in [3.05, 3.63) is 83.2 Å². The van der Waals surface area contributed by atoms with Gasteiger partial charge in [0.1, 0.15) is 4.70 Å². The number of rotatable bonds is 15. The molecule has 1 atom stereocenters. The standard InChI is InChI=1S/C35H40N2O9S3/c1-5-25(20-35-37(17-10-18-48(38,39)40)29-22-31(44-3)32(45-4)23-33(29)47-35)19-34-36(16-9-11-24(2)49(41,42)43)28-21-27(14-15-30(28)46-34)26-12-7-6-8-13-26/h6-8,12-15,19-24H,5,9-11,16-18H2,1-4H3,(H-,38,39,40,41,42,43). The van der Waals surface area contributed by atoms with Crippen LogP contribution in [0.1, 0.15) is 44.5 Å². The second kappa shape index (κ2) is 15.3. The van der Waals surface area contributed by atoms with Gasteiger partial charge in [-0.1, -0.05) is 54.7 Å². The number of allylic oxidation sites excluding steroid dienone is 2. The Morgan fingerprint density at radius 2 is 1.73 bits per heavy atom. The summed E-state index contributed by atoms with van der Waals surface area (Å²) in [6, 6.07) is 19.7. The van der Waals surface area contributed by atoms with Crippen molar-refractivity contribution >= 4 is 53.6 Å². The second-order valence-corrected chi connectivity index (χ2v) is 16.1. The summed E-state index contributed by atoms with van der Waals surface area (Å²) in [6.45, 7) is 4.24. The van der Waals surface area contributed by atoms with E-state index in [1.54, 1.807) is 14.2 Å². The Labute approximate surface area is 291 Å². The lowest BCUT2D eigenvalue weighted by atomic mass is 10.0. The van der Waals surface area contributed by atoms with Crippen LogP contribution in [0.2, 0.25) is 0 Å². The van der Waals surface area contributed by atoms with Crippen LogP contribution in [0.15, 0.2) is 78.2 Å². The average Bonchev–Trinajstić information content (AvgIpc) is 3.58. The van der Waals surface area contributed by atoms with Gasteiger partial charge in [-0.3, -0.25) is 4.55 Å². The largest absolute Gasteiger partial charge is 0.748 e. The number of hydrogen-bond acceptors (Lipinski definition) is 10. The van der Waals surface area contributed by atoms with Crippen molar-refractivity contribution < 1.29 is 44.7 Å². The fourth-order valence-corrected chi connectivity index (χ4v) is 7.79. The van der Waals surface area contributed by atoms with Crippen molar-refractivity contribution in [3.8, 4) is 28.4 Å². The number of hydrogen-bond donors (Lipinski definition) is 1. The van der Waals surface area contributed by atoms with Crippen molar-refractivity contribution in [2.24, 2.45) is 0 Å². The van der Waals surface area contributed by atoms with Crippen molar-refractivity contribution in [3.63, 3.8) is 0 Å². The number of aryl methyl sites for hydroxylation is 1. The number of ether oxygens (including phenoxy) is 3. The van der Waals surface area contributed by atoms with Crippen LogP contribution in [0.3, 0.4) is 0 Å². The van der Waals surface area contributed by atoms with Gasteiger partial charge in [-0.15, -0.1) is 0 Å². The highest BCUT2D eigenvalue weighted by Crippen LogP contribution is 2.42. The first-order valence-corrected chi connectivity index (χ1v) is 19.8. The molecule has 0 spiro atoms. The highest BCUT2D eigenvalue weighted by molar-refractivity contribution is 7.86. The molecule has 0 aliphatic carbocycles. The zero-order chi connectivity index (χ0) is 35.3. The maximum Gasteiger partial charge on any atom is 0.267 e. The molecular weight excluding hydrogens is 689 g/mol. The third kappa shape index (κ3) is 8.81. The van der Waals surface area contributed by atoms with Gasteiger partial charge < -0.3 is 23.7 Å². The van der Waals surface area contributed by atoms with Gasteiger partial charge >= 0.3 is 0 Å². The molecular formula is C35H40N2O9S3. The van der Waals surface area contributed by atoms with Gasteiger partial charge in [0.05, 0.1) is 41.3 Å². The predicted octanol–water partition coefficient (Wildman–Crippen LogP) is 6.40. The highest BCUT2D eigenvalue weighted by Gasteiger charge is 2.28. The molecule has 1 aliphatic heterocycles. The Hall–Kier alpha value is -3.95. The van der Waals surface area contributed by atoms with Crippen LogP contribution >= 0.6 is 11.3 Å². The second-order valence-electron chi connectivity index (χ2n) is 11.7. The van der Waals surface area contributed by atoms with Crippen LogP contribution in [-0.2, 0) is 26.8 Å². The fourth-order valence-electron chi connectivity index (χ4n) is 5.66. The van der Waals surface area contributed by atoms with Crippen molar-refractivity contribution in [1.82, 2.24) is 0 Å². The average molecular weight is 729 g/mol. The summed E-state index contributed by atoms with van der Waals surface area (Å²) < 4.78 is 87.5. The quantitative estimate of drug-likeness (QED) is 0.108. The third-order valence-corrected chi connectivity index (χ3v) is 11.5. The fraction of sp³-hybridized carbons (Fsp3) is 0.343. The lowest BCUT2D eigenvalue weighted by molar-refractivity contribution is -0.668. The number of methoxy groups -OCH3 is 2. The Balaban J connectivity index is 1.55. The maximum atomic E-state index is 11.7. The van der Waals surface area contributed by atoms with E-state index < -0.39 is 31.2 Å². The van der Waals surface area contributed by atoms with Crippen molar-refractivity contribution in [1.29, 1.82) is 0 Å². The van der Waals surface area contributed by atoms with E-state index in [4.69, 9.17) is 14.2 Å². The summed E-state index contributed by atoms with van der Waals surface area (Å²) in [5.74, 6) is 1.84. The SMILES string of the molecule is CCC(/C=C1\Oc2ccc(-c3ccccc3)cc2N1CCCC(C)S(=O)(=O)O)=C\c1sc2cc(OC)c(OC)cc2[n+]1CCCS(=O)(=O)[O-]. The molecule has 0 radical (unpaired) electrons. The molecule has 0 fully saturated rings. The number of aromatic nitrogens is 1. The molecule has 1 aromatic heterocycles. The minimum absolute atomic E-state index is 0.137. The summed E-state index contributed by atoms with van der Waals surface area (Å²) >= 11 is 1.50. The van der Waals surface area contributed by atoms with Crippen LogP contribution in [0, 0.1) is 0 Å².